The topological polar surface area (TPSA) is 41.5 Å². The highest BCUT2D eigenvalue weighted by molar-refractivity contribution is 6.33. The molecule has 0 unspecified atom stereocenters. The fraction of sp³-hybridized carbons (Fsp3) is 0.0667. The Labute approximate surface area is 129 Å². The smallest absolute Gasteiger partial charge is 0.267 e. The number of hydrogen-bond donors (Lipinski definition) is 1. The van der Waals surface area contributed by atoms with E-state index in [1.807, 2.05) is 0 Å². The van der Waals surface area contributed by atoms with Crippen molar-refractivity contribution < 1.29 is 18.0 Å². The van der Waals surface area contributed by atoms with E-state index in [1.54, 1.807) is 18.2 Å². The largest absolute Gasteiger partial charge is 0.416 e. The first kappa shape index (κ1) is 16.0. The van der Waals surface area contributed by atoms with Gasteiger partial charge in [-0.25, -0.2) is 5.43 Å². The highest BCUT2D eigenvalue weighted by atomic mass is 35.5. The molecule has 0 heterocycles. The van der Waals surface area contributed by atoms with Gasteiger partial charge in [0.2, 0.25) is 0 Å². The van der Waals surface area contributed by atoms with E-state index in [-0.39, 0.29) is 10.6 Å². The van der Waals surface area contributed by atoms with Crippen LogP contribution in [0.25, 0.3) is 0 Å². The Kier molecular flexibility index (Phi) is 4.82. The minimum absolute atomic E-state index is 0.258. The fourth-order valence-electron chi connectivity index (χ4n) is 1.63. The minimum Gasteiger partial charge on any atom is -0.267 e. The SMILES string of the molecule is O=C(NN=Cc1ccc(C(F)(F)F)cc1)c1ccccc1Cl. The van der Waals surface area contributed by atoms with Crippen LogP contribution in [-0.2, 0) is 6.18 Å². The molecule has 0 aliphatic heterocycles. The van der Waals surface area contributed by atoms with Gasteiger partial charge in [0.05, 0.1) is 22.4 Å². The van der Waals surface area contributed by atoms with Crippen LogP contribution in [0.3, 0.4) is 0 Å². The molecule has 0 saturated heterocycles. The molecular formula is C15H10ClF3N2O. The van der Waals surface area contributed by atoms with Gasteiger partial charge in [-0.2, -0.15) is 18.3 Å². The van der Waals surface area contributed by atoms with Gasteiger partial charge in [-0.15, -0.1) is 0 Å². The number of rotatable bonds is 3. The van der Waals surface area contributed by atoms with E-state index in [0.29, 0.717) is 5.56 Å². The van der Waals surface area contributed by atoms with Gasteiger partial charge in [0.25, 0.3) is 5.91 Å². The molecule has 2 aromatic carbocycles. The summed E-state index contributed by atoms with van der Waals surface area (Å²) >= 11 is 5.86. The van der Waals surface area contributed by atoms with Crippen LogP contribution < -0.4 is 5.43 Å². The lowest BCUT2D eigenvalue weighted by Crippen LogP contribution is -2.17. The van der Waals surface area contributed by atoms with Crippen molar-refractivity contribution in [2.75, 3.05) is 0 Å². The number of benzene rings is 2. The molecule has 2 aromatic rings. The van der Waals surface area contributed by atoms with E-state index in [0.717, 1.165) is 12.1 Å². The van der Waals surface area contributed by atoms with Crippen molar-refractivity contribution in [3.05, 3.63) is 70.2 Å². The zero-order valence-corrected chi connectivity index (χ0v) is 11.8. The van der Waals surface area contributed by atoms with Crippen LogP contribution in [0.2, 0.25) is 5.02 Å². The van der Waals surface area contributed by atoms with Crippen LogP contribution in [0.5, 0.6) is 0 Å². The summed E-state index contributed by atoms with van der Waals surface area (Å²) in [6, 6.07) is 10.8. The molecule has 0 fully saturated rings. The maximum atomic E-state index is 12.4. The second-order valence-corrected chi connectivity index (χ2v) is 4.71. The summed E-state index contributed by atoms with van der Waals surface area (Å²) in [6.45, 7) is 0. The third-order valence-corrected chi connectivity index (χ3v) is 3.07. The Morgan fingerprint density at radius 1 is 1.09 bits per heavy atom. The normalized spacial score (nSPS) is 11.6. The zero-order chi connectivity index (χ0) is 16.2. The van der Waals surface area contributed by atoms with Gasteiger partial charge in [-0.3, -0.25) is 4.79 Å². The van der Waals surface area contributed by atoms with E-state index in [9.17, 15) is 18.0 Å². The Balaban J connectivity index is 2.01. The molecule has 0 aromatic heterocycles. The molecule has 0 saturated carbocycles. The van der Waals surface area contributed by atoms with Crippen molar-refractivity contribution in [1.82, 2.24) is 5.43 Å². The Morgan fingerprint density at radius 2 is 1.73 bits per heavy atom. The van der Waals surface area contributed by atoms with Crippen molar-refractivity contribution in [2.45, 2.75) is 6.18 Å². The van der Waals surface area contributed by atoms with Gasteiger partial charge in [-0.05, 0) is 29.8 Å². The third kappa shape index (κ3) is 4.08. The van der Waals surface area contributed by atoms with E-state index in [4.69, 9.17) is 11.6 Å². The van der Waals surface area contributed by atoms with Gasteiger partial charge in [-0.1, -0.05) is 35.9 Å². The number of carbonyl (C=O) groups is 1. The zero-order valence-electron chi connectivity index (χ0n) is 11.1. The molecule has 2 rings (SSSR count). The molecule has 22 heavy (non-hydrogen) atoms. The van der Waals surface area contributed by atoms with Gasteiger partial charge < -0.3 is 0 Å². The molecule has 0 aliphatic carbocycles. The lowest BCUT2D eigenvalue weighted by molar-refractivity contribution is -0.137. The van der Waals surface area contributed by atoms with E-state index in [1.165, 1.54) is 24.4 Å². The molecule has 0 bridgehead atoms. The molecule has 1 amide bonds. The lowest BCUT2D eigenvalue weighted by Gasteiger charge is -2.05. The minimum atomic E-state index is -4.38. The first-order chi connectivity index (χ1) is 10.4. The highest BCUT2D eigenvalue weighted by Gasteiger charge is 2.29. The van der Waals surface area contributed by atoms with Gasteiger partial charge in [0, 0.05) is 0 Å². The summed E-state index contributed by atoms with van der Waals surface area (Å²) in [5, 5.41) is 3.97. The molecule has 114 valence electrons. The molecule has 0 atom stereocenters. The van der Waals surface area contributed by atoms with E-state index >= 15 is 0 Å². The molecule has 7 heteroatoms. The standard InChI is InChI=1S/C15H10ClF3N2O/c16-13-4-2-1-3-12(13)14(22)21-20-9-10-5-7-11(8-6-10)15(17,18)19/h1-9H,(H,21,22). The second kappa shape index (κ2) is 6.62. The number of hydrazone groups is 1. The second-order valence-electron chi connectivity index (χ2n) is 4.30. The lowest BCUT2D eigenvalue weighted by atomic mass is 10.1. The third-order valence-electron chi connectivity index (χ3n) is 2.74. The fourth-order valence-corrected chi connectivity index (χ4v) is 1.85. The van der Waals surface area contributed by atoms with Crippen molar-refractivity contribution >= 4 is 23.7 Å². The number of alkyl halides is 3. The Bertz CT molecular complexity index is 697. The average molecular weight is 327 g/mol. The molecule has 0 aliphatic rings. The van der Waals surface area contributed by atoms with Crippen molar-refractivity contribution in [1.29, 1.82) is 0 Å². The monoisotopic (exact) mass is 326 g/mol. The van der Waals surface area contributed by atoms with E-state index in [2.05, 4.69) is 10.5 Å². The molecule has 3 nitrogen and oxygen atoms in total. The summed E-state index contributed by atoms with van der Waals surface area (Å²) < 4.78 is 37.2. The van der Waals surface area contributed by atoms with Gasteiger partial charge in [0.15, 0.2) is 0 Å². The molecule has 0 radical (unpaired) electrons. The van der Waals surface area contributed by atoms with Crippen molar-refractivity contribution in [3.8, 4) is 0 Å². The number of hydrogen-bond acceptors (Lipinski definition) is 2. The van der Waals surface area contributed by atoms with E-state index < -0.39 is 17.6 Å². The van der Waals surface area contributed by atoms with Crippen LogP contribution in [0, 0.1) is 0 Å². The van der Waals surface area contributed by atoms with Crippen LogP contribution >= 0.6 is 11.6 Å². The highest BCUT2D eigenvalue weighted by Crippen LogP contribution is 2.28. The summed E-state index contributed by atoms with van der Waals surface area (Å²) in [6.07, 6.45) is -3.14. The quantitative estimate of drug-likeness (QED) is 0.669. The summed E-state index contributed by atoms with van der Waals surface area (Å²) in [5.74, 6) is -0.506. The van der Waals surface area contributed by atoms with Crippen molar-refractivity contribution in [2.24, 2.45) is 5.10 Å². The number of halogens is 4. The molecule has 0 spiro atoms. The molecular weight excluding hydrogens is 317 g/mol. The van der Waals surface area contributed by atoms with Crippen LogP contribution in [-0.4, -0.2) is 12.1 Å². The van der Waals surface area contributed by atoms with Crippen LogP contribution in [0.15, 0.2) is 53.6 Å². The number of nitrogens with zero attached hydrogens (tertiary/aromatic N) is 1. The number of carbonyl (C=O) groups excluding carboxylic acids is 1. The summed E-state index contributed by atoms with van der Waals surface area (Å²) in [4.78, 5) is 11.8. The number of amides is 1. The van der Waals surface area contributed by atoms with Gasteiger partial charge in [0.1, 0.15) is 0 Å². The summed E-state index contributed by atoms with van der Waals surface area (Å²) in [7, 11) is 0. The molecule has 1 N–H and O–H groups in total. The first-order valence-electron chi connectivity index (χ1n) is 6.13. The van der Waals surface area contributed by atoms with Crippen molar-refractivity contribution in [3.63, 3.8) is 0 Å². The predicted octanol–water partition coefficient (Wildman–Crippen LogP) is 4.12. The maximum Gasteiger partial charge on any atom is 0.416 e. The average Bonchev–Trinajstić information content (AvgIpc) is 2.47. The Morgan fingerprint density at radius 3 is 2.32 bits per heavy atom. The Hall–Kier alpha value is -2.34. The summed E-state index contributed by atoms with van der Waals surface area (Å²) in [5.41, 5.74) is 2.19. The predicted molar refractivity (Wildman–Crippen MR) is 78.0 cm³/mol. The van der Waals surface area contributed by atoms with Crippen LogP contribution in [0.1, 0.15) is 21.5 Å². The van der Waals surface area contributed by atoms with Crippen LogP contribution in [0.4, 0.5) is 13.2 Å². The maximum absolute atomic E-state index is 12.4. The number of nitrogens with one attached hydrogen (secondary N) is 1. The van der Waals surface area contributed by atoms with Gasteiger partial charge >= 0.3 is 6.18 Å². The first-order valence-corrected chi connectivity index (χ1v) is 6.51.